The standard InChI is InChI=1S/C12H20N2O/c1-9(2)6-11(8-15)14-12-5-4-10(3)7-13-12/h4-5,7,9,11,15H,6,8H2,1-3H3,(H,13,14). The summed E-state index contributed by atoms with van der Waals surface area (Å²) in [4.78, 5) is 4.25. The Bertz CT molecular complexity index is 282. The molecule has 1 atom stereocenters. The lowest BCUT2D eigenvalue weighted by Gasteiger charge is -2.18. The molecular weight excluding hydrogens is 188 g/mol. The molecule has 1 aromatic heterocycles. The fraction of sp³-hybridized carbons (Fsp3) is 0.583. The molecule has 3 heteroatoms. The highest BCUT2D eigenvalue weighted by atomic mass is 16.3. The molecule has 0 saturated carbocycles. The molecule has 0 aliphatic heterocycles. The van der Waals surface area contributed by atoms with Crippen LogP contribution in [0.25, 0.3) is 0 Å². The number of nitrogens with zero attached hydrogens (tertiary/aromatic N) is 1. The maximum absolute atomic E-state index is 9.20. The first-order chi connectivity index (χ1) is 7.11. The van der Waals surface area contributed by atoms with Gasteiger partial charge < -0.3 is 10.4 Å². The molecule has 0 spiro atoms. The number of hydrogen-bond acceptors (Lipinski definition) is 3. The SMILES string of the molecule is Cc1ccc(NC(CO)CC(C)C)nc1. The molecule has 0 aromatic carbocycles. The Morgan fingerprint density at radius 2 is 2.13 bits per heavy atom. The van der Waals surface area contributed by atoms with Gasteiger partial charge in [0, 0.05) is 6.20 Å². The van der Waals surface area contributed by atoms with Crippen molar-refractivity contribution in [2.24, 2.45) is 5.92 Å². The number of nitrogens with one attached hydrogen (secondary N) is 1. The summed E-state index contributed by atoms with van der Waals surface area (Å²) in [5.74, 6) is 1.40. The first kappa shape index (κ1) is 12.0. The summed E-state index contributed by atoms with van der Waals surface area (Å²) in [6, 6.07) is 4.05. The van der Waals surface area contributed by atoms with Crippen LogP contribution in [0, 0.1) is 12.8 Å². The Hall–Kier alpha value is -1.09. The molecule has 0 aliphatic carbocycles. The van der Waals surface area contributed by atoms with Crippen LogP contribution in [0.4, 0.5) is 5.82 Å². The van der Waals surface area contributed by atoms with E-state index in [-0.39, 0.29) is 12.6 Å². The van der Waals surface area contributed by atoms with Gasteiger partial charge in [-0.1, -0.05) is 19.9 Å². The van der Waals surface area contributed by atoms with E-state index >= 15 is 0 Å². The molecule has 1 heterocycles. The zero-order chi connectivity index (χ0) is 11.3. The van der Waals surface area contributed by atoms with Crippen LogP contribution in [0.5, 0.6) is 0 Å². The lowest BCUT2D eigenvalue weighted by molar-refractivity contribution is 0.259. The van der Waals surface area contributed by atoms with Crippen LogP contribution in [0.1, 0.15) is 25.8 Å². The summed E-state index contributed by atoms with van der Waals surface area (Å²) in [5.41, 5.74) is 1.14. The van der Waals surface area contributed by atoms with Gasteiger partial charge in [0.2, 0.25) is 0 Å². The Morgan fingerprint density at radius 1 is 1.40 bits per heavy atom. The van der Waals surface area contributed by atoms with E-state index in [1.807, 2.05) is 25.3 Å². The Balaban J connectivity index is 2.54. The molecule has 0 amide bonds. The summed E-state index contributed by atoms with van der Waals surface area (Å²) in [6.45, 7) is 6.45. The second kappa shape index (κ2) is 5.71. The molecule has 1 aromatic rings. The number of hydrogen-bond donors (Lipinski definition) is 2. The van der Waals surface area contributed by atoms with Gasteiger partial charge in [-0.05, 0) is 30.9 Å². The van der Waals surface area contributed by atoms with Crippen LogP contribution in [-0.2, 0) is 0 Å². The zero-order valence-electron chi connectivity index (χ0n) is 9.70. The Labute approximate surface area is 91.5 Å². The first-order valence-electron chi connectivity index (χ1n) is 5.42. The zero-order valence-corrected chi connectivity index (χ0v) is 9.70. The van der Waals surface area contributed by atoms with Crippen LogP contribution < -0.4 is 5.32 Å². The normalized spacial score (nSPS) is 12.9. The molecule has 2 N–H and O–H groups in total. The van der Waals surface area contributed by atoms with E-state index in [2.05, 4.69) is 24.1 Å². The summed E-state index contributed by atoms with van der Waals surface area (Å²) in [6.07, 6.45) is 2.78. The lowest BCUT2D eigenvalue weighted by atomic mass is 10.0. The molecule has 0 aliphatic rings. The average Bonchev–Trinajstić information content (AvgIpc) is 2.19. The number of aliphatic hydroxyl groups excluding tert-OH is 1. The maximum Gasteiger partial charge on any atom is 0.126 e. The van der Waals surface area contributed by atoms with Crippen molar-refractivity contribution in [3.05, 3.63) is 23.9 Å². The van der Waals surface area contributed by atoms with Crippen molar-refractivity contribution < 1.29 is 5.11 Å². The van der Waals surface area contributed by atoms with E-state index < -0.39 is 0 Å². The second-order valence-corrected chi connectivity index (χ2v) is 4.37. The molecule has 0 saturated heterocycles. The van der Waals surface area contributed by atoms with Crippen LogP contribution in [0.3, 0.4) is 0 Å². The van der Waals surface area contributed by atoms with Gasteiger partial charge in [0.15, 0.2) is 0 Å². The van der Waals surface area contributed by atoms with Gasteiger partial charge in [0.05, 0.1) is 12.6 Å². The fourth-order valence-electron chi connectivity index (χ4n) is 1.51. The highest BCUT2D eigenvalue weighted by molar-refractivity contribution is 5.36. The first-order valence-corrected chi connectivity index (χ1v) is 5.42. The Morgan fingerprint density at radius 3 is 2.60 bits per heavy atom. The van der Waals surface area contributed by atoms with Gasteiger partial charge >= 0.3 is 0 Å². The molecule has 1 rings (SSSR count). The van der Waals surface area contributed by atoms with E-state index in [9.17, 15) is 5.11 Å². The van der Waals surface area contributed by atoms with Gasteiger partial charge in [0.25, 0.3) is 0 Å². The highest BCUT2D eigenvalue weighted by Crippen LogP contribution is 2.11. The second-order valence-electron chi connectivity index (χ2n) is 4.37. The number of aromatic nitrogens is 1. The quantitative estimate of drug-likeness (QED) is 0.779. The number of aliphatic hydroxyl groups is 1. The van der Waals surface area contributed by atoms with Gasteiger partial charge in [0.1, 0.15) is 5.82 Å². The van der Waals surface area contributed by atoms with E-state index in [0.717, 1.165) is 17.8 Å². The van der Waals surface area contributed by atoms with Crippen molar-refractivity contribution in [2.75, 3.05) is 11.9 Å². The van der Waals surface area contributed by atoms with E-state index in [1.165, 1.54) is 0 Å². The van der Waals surface area contributed by atoms with Gasteiger partial charge in [-0.2, -0.15) is 0 Å². The van der Waals surface area contributed by atoms with Crippen molar-refractivity contribution in [1.29, 1.82) is 0 Å². The van der Waals surface area contributed by atoms with Crippen molar-refractivity contribution in [2.45, 2.75) is 33.2 Å². The molecular formula is C12H20N2O. The van der Waals surface area contributed by atoms with Crippen LogP contribution in [0.15, 0.2) is 18.3 Å². The van der Waals surface area contributed by atoms with Crippen molar-refractivity contribution >= 4 is 5.82 Å². The van der Waals surface area contributed by atoms with E-state index in [1.54, 1.807) is 0 Å². The molecule has 0 radical (unpaired) electrons. The predicted octanol–water partition coefficient (Wildman–Crippen LogP) is 2.21. The minimum absolute atomic E-state index is 0.0974. The van der Waals surface area contributed by atoms with Crippen LogP contribution >= 0.6 is 0 Å². The largest absolute Gasteiger partial charge is 0.394 e. The number of anilines is 1. The van der Waals surface area contributed by atoms with Crippen molar-refractivity contribution in [1.82, 2.24) is 4.98 Å². The molecule has 15 heavy (non-hydrogen) atoms. The monoisotopic (exact) mass is 208 g/mol. The summed E-state index contributed by atoms with van der Waals surface area (Å²) < 4.78 is 0. The predicted molar refractivity (Wildman–Crippen MR) is 62.9 cm³/mol. The highest BCUT2D eigenvalue weighted by Gasteiger charge is 2.09. The summed E-state index contributed by atoms with van der Waals surface area (Å²) in [7, 11) is 0. The van der Waals surface area contributed by atoms with Gasteiger partial charge in [-0.3, -0.25) is 0 Å². The van der Waals surface area contributed by atoms with Gasteiger partial charge in [-0.25, -0.2) is 4.98 Å². The van der Waals surface area contributed by atoms with Gasteiger partial charge in [-0.15, -0.1) is 0 Å². The number of rotatable bonds is 5. The molecule has 3 nitrogen and oxygen atoms in total. The van der Waals surface area contributed by atoms with Crippen molar-refractivity contribution in [3.8, 4) is 0 Å². The smallest absolute Gasteiger partial charge is 0.126 e. The summed E-state index contributed by atoms with van der Waals surface area (Å²) >= 11 is 0. The third-order valence-electron chi connectivity index (χ3n) is 2.24. The summed E-state index contributed by atoms with van der Waals surface area (Å²) in [5, 5.41) is 12.4. The average molecular weight is 208 g/mol. The molecule has 84 valence electrons. The van der Waals surface area contributed by atoms with Crippen molar-refractivity contribution in [3.63, 3.8) is 0 Å². The van der Waals surface area contributed by atoms with E-state index in [0.29, 0.717) is 5.92 Å². The maximum atomic E-state index is 9.20. The Kier molecular flexibility index (Phi) is 4.56. The third-order valence-corrected chi connectivity index (χ3v) is 2.24. The topological polar surface area (TPSA) is 45.1 Å². The molecule has 1 unspecified atom stereocenters. The van der Waals surface area contributed by atoms with Crippen LogP contribution in [0.2, 0.25) is 0 Å². The number of pyridine rings is 1. The fourth-order valence-corrected chi connectivity index (χ4v) is 1.51. The lowest BCUT2D eigenvalue weighted by Crippen LogP contribution is -2.26. The molecule has 0 fully saturated rings. The van der Waals surface area contributed by atoms with E-state index in [4.69, 9.17) is 0 Å². The van der Waals surface area contributed by atoms with Crippen LogP contribution in [-0.4, -0.2) is 22.7 Å². The minimum atomic E-state index is 0.0974. The third kappa shape index (κ3) is 4.30. The number of aryl methyl sites for hydroxylation is 1. The molecule has 0 bridgehead atoms. The minimum Gasteiger partial charge on any atom is -0.394 e.